The van der Waals surface area contributed by atoms with Crippen LogP contribution in [-0.2, 0) is 0 Å². The monoisotopic (exact) mass is 404 g/mol. The Labute approximate surface area is 166 Å². The number of phenols is 1. The van der Waals surface area contributed by atoms with Gasteiger partial charge in [-0.25, -0.2) is 4.98 Å². The number of thiazole rings is 1. The van der Waals surface area contributed by atoms with Gasteiger partial charge in [0.1, 0.15) is 16.6 Å². The van der Waals surface area contributed by atoms with E-state index in [4.69, 9.17) is 5.73 Å². The summed E-state index contributed by atoms with van der Waals surface area (Å²) in [5.41, 5.74) is 7.52. The van der Waals surface area contributed by atoms with Crippen LogP contribution in [0.1, 0.15) is 20.7 Å². The van der Waals surface area contributed by atoms with Gasteiger partial charge >= 0.3 is 0 Å². The molecule has 0 fully saturated rings. The molecule has 2 amide bonds. The number of imide groups is 1. The van der Waals surface area contributed by atoms with Crippen LogP contribution in [0.5, 0.6) is 5.75 Å². The van der Waals surface area contributed by atoms with Gasteiger partial charge in [-0.3, -0.25) is 24.3 Å². The summed E-state index contributed by atoms with van der Waals surface area (Å²) < 4.78 is 2.00. The maximum atomic E-state index is 12.6. The minimum absolute atomic E-state index is 0.000508. The lowest BCUT2D eigenvalue weighted by molar-refractivity contribution is 0.0880. The van der Waals surface area contributed by atoms with E-state index in [1.54, 1.807) is 36.4 Å². The molecule has 4 N–H and O–H groups in total. The zero-order valence-corrected chi connectivity index (χ0v) is 15.5. The first-order valence-electron chi connectivity index (χ1n) is 8.54. The molecule has 0 unspecified atom stereocenters. The Balaban J connectivity index is 1.67. The van der Waals surface area contributed by atoms with Crippen molar-refractivity contribution in [1.82, 2.24) is 14.9 Å². The highest BCUT2D eigenvalue weighted by Crippen LogP contribution is 2.33. The molecule has 142 valence electrons. The first-order chi connectivity index (χ1) is 13.9. The van der Waals surface area contributed by atoms with E-state index in [0.29, 0.717) is 10.7 Å². The molecule has 8 nitrogen and oxygen atoms in total. The van der Waals surface area contributed by atoms with Gasteiger partial charge in [0, 0.05) is 11.6 Å². The van der Waals surface area contributed by atoms with E-state index in [1.807, 2.05) is 6.07 Å². The summed E-state index contributed by atoms with van der Waals surface area (Å²) >= 11 is 1.39. The molecule has 4 aromatic rings. The summed E-state index contributed by atoms with van der Waals surface area (Å²) in [6, 6.07) is 13.1. The minimum atomic E-state index is -0.630. The van der Waals surface area contributed by atoms with Gasteiger partial charge in [-0.15, -0.1) is 11.3 Å². The summed E-state index contributed by atoms with van der Waals surface area (Å²) in [6.45, 7) is 0. The summed E-state index contributed by atoms with van der Waals surface area (Å²) in [6.07, 6.45) is 0. The molecule has 0 saturated carbocycles. The fraction of sp³-hybridized carbons (Fsp3) is 0. The molecule has 2 aromatic carbocycles. The molecular formula is C20H12N4O4S. The van der Waals surface area contributed by atoms with Crippen molar-refractivity contribution < 1.29 is 14.7 Å². The Morgan fingerprint density at radius 2 is 1.86 bits per heavy atom. The number of phenolic OH excluding ortho intramolecular Hbond substituents is 1. The van der Waals surface area contributed by atoms with Crippen LogP contribution in [0.4, 0.5) is 5.82 Å². The highest BCUT2D eigenvalue weighted by atomic mass is 32.1. The largest absolute Gasteiger partial charge is 0.508 e. The number of amides is 2. The Hall–Kier alpha value is -3.98. The van der Waals surface area contributed by atoms with Gasteiger partial charge in [0.25, 0.3) is 17.4 Å². The van der Waals surface area contributed by atoms with Crippen molar-refractivity contribution in [3.8, 4) is 22.0 Å². The van der Waals surface area contributed by atoms with Crippen molar-refractivity contribution in [1.29, 1.82) is 0 Å². The smallest absolute Gasteiger partial charge is 0.262 e. The van der Waals surface area contributed by atoms with E-state index in [9.17, 15) is 19.5 Å². The fourth-order valence-corrected chi connectivity index (χ4v) is 4.36. The molecule has 5 rings (SSSR count). The Morgan fingerprint density at radius 1 is 1.03 bits per heavy atom. The van der Waals surface area contributed by atoms with Crippen molar-refractivity contribution >= 4 is 39.2 Å². The SMILES string of the molecule is Nc1c2c(cc(=O)n1-c1ccc3nc(-c4cccc(O)c4)sc3c1)C(=O)NC2=O. The summed E-state index contributed by atoms with van der Waals surface area (Å²) in [5.74, 6) is -1.20. The van der Waals surface area contributed by atoms with Crippen molar-refractivity contribution in [2.45, 2.75) is 0 Å². The Kier molecular flexibility index (Phi) is 3.55. The number of carbonyl (C=O) groups excluding carboxylic acids is 2. The molecule has 0 bridgehead atoms. The summed E-state index contributed by atoms with van der Waals surface area (Å²) in [4.78, 5) is 41.0. The molecule has 0 aliphatic carbocycles. The predicted molar refractivity (Wildman–Crippen MR) is 109 cm³/mol. The Morgan fingerprint density at radius 3 is 2.66 bits per heavy atom. The number of fused-ring (bicyclic) bond motifs is 2. The highest BCUT2D eigenvalue weighted by Gasteiger charge is 2.31. The van der Waals surface area contributed by atoms with Crippen molar-refractivity contribution in [2.75, 3.05) is 5.73 Å². The van der Waals surface area contributed by atoms with E-state index < -0.39 is 17.4 Å². The highest BCUT2D eigenvalue weighted by molar-refractivity contribution is 7.21. The number of hydrogen-bond donors (Lipinski definition) is 3. The van der Waals surface area contributed by atoms with Crippen LogP contribution >= 0.6 is 11.3 Å². The fourth-order valence-electron chi connectivity index (χ4n) is 3.36. The molecule has 0 saturated heterocycles. The maximum Gasteiger partial charge on any atom is 0.262 e. The molecule has 1 aliphatic heterocycles. The van der Waals surface area contributed by atoms with E-state index in [2.05, 4.69) is 10.3 Å². The molecule has 0 radical (unpaired) electrons. The lowest BCUT2D eigenvalue weighted by Crippen LogP contribution is -2.24. The summed E-state index contributed by atoms with van der Waals surface area (Å²) in [7, 11) is 0. The predicted octanol–water partition coefficient (Wildman–Crippen LogP) is 2.29. The quantitative estimate of drug-likeness (QED) is 0.440. The average molecular weight is 404 g/mol. The number of aromatic nitrogens is 2. The molecule has 9 heteroatoms. The van der Waals surface area contributed by atoms with Gasteiger partial charge in [0.15, 0.2) is 0 Å². The van der Waals surface area contributed by atoms with Crippen LogP contribution in [0.25, 0.3) is 26.5 Å². The van der Waals surface area contributed by atoms with E-state index >= 15 is 0 Å². The average Bonchev–Trinajstić information content (AvgIpc) is 3.22. The molecule has 3 heterocycles. The standard InChI is InChI=1S/C20H12N4O4S/c21-17-16-12(18(27)23-19(16)28)8-15(26)24(17)10-4-5-13-14(7-10)29-20(22-13)9-2-1-3-11(25)6-9/h1-8,25H,21H2,(H,23,27,28). The second kappa shape index (κ2) is 6.01. The van der Waals surface area contributed by atoms with E-state index in [1.165, 1.54) is 15.9 Å². The second-order valence-electron chi connectivity index (χ2n) is 6.50. The topological polar surface area (TPSA) is 127 Å². The number of carbonyl (C=O) groups is 2. The van der Waals surface area contributed by atoms with Crippen LogP contribution in [0.2, 0.25) is 0 Å². The molecule has 0 atom stereocenters. The third-order valence-electron chi connectivity index (χ3n) is 4.68. The van der Waals surface area contributed by atoms with Crippen molar-refractivity contribution in [3.63, 3.8) is 0 Å². The Bertz CT molecular complexity index is 1420. The van der Waals surface area contributed by atoms with Gasteiger partial charge in [-0.1, -0.05) is 12.1 Å². The zero-order chi connectivity index (χ0) is 20.3. The van der Waals surface area contributed by atoms with Crippen molar-refractivity contribution in [2.24, 2.45) is 0 Å². The molecule has 29 heavy (non-hydrogen) atoms. The molecular weight excluding hydrogens is 392 g/mol. The van der Waals surface area contributed by atoms with Crippen molar-refractivity contribution in [3.05, 3.63) is 70.0 Å². The third kappa shape index (κ3) is 2.59. The van der Waals surface area contributed by atoms with Crippen LogP contribution in [0.3, 0.4) is 0 Å². The van der Waals surface area contributed by atoms with Gasteiger partial charge in [0.05, 0.1) is 27.0 Å². The van der Waals surface area contributed by atoms with Gasteiger partial charge < -0.3 is 10.8 Å². The zero-order valence-electron chi connectivity index (χ0n) is 14.7. The van der Waals surface area contributed by atoms with Crippen LogP contribution < -0.4 is 16.6 Å². The first-order valence-corrected chi connectivity index (χ1v) is 9.35. The van der Waals surface area contributed by atoms with Gasteiger partial charge in [-0.05, 0) is 30.3 Å². The van der Waals surface area contributed by atoms with E-state index in [-0.39, 0.29) is 22.7 Å². The number of nitrogens with zero attached hydrogens (tertiary/aromatic N) is 2. The number of aromatic hydroxyl groups is 1. The van der Waals surface area contributed by atoms with Gasteiger partial charge in [-0.2, -0.15) is 0 Å². The third-order valence-corrected chi connectivity index (χ3v) is 5.74. The van der Waals surface area contributed by atoms with Gasteiger partial charge in [0.2, 0.25) is 0 Å². The number of benzene rings is 2. The van der Waals surface area contributed by atoms with Crippen LogP contribution in [0.15, 0.2) is 53.3 Å². The molecule has 0 spiro atoms. The number of pyridine rings is 1. The number of rotatable bonds is 2. The lowest BCUT2D eigenvalue weighted by Gasteiger charge is -2.11. The van der Waals surface area contributed by atoms with E-state index in [0.717, 1.165) is 21.8 Å². The normalized spacial score (nSPS) is 13.0. The molecule has 1 aliphatic rings. The van der Waals surface area contributed by atoms with Crippen LogP contribution in [0, 0.1) is 0 Å². The maximum absolute atomic E-state index is 12.6. The number of hydrogen-bond acceptors (Lipinski definition) is 7. The number of nitrogen functional groups attached to an aromatic ring is 1. The lowest BCUT2D eigenvalue weighted by atomic mass is 10.1. The summed E-state index contributed by atoms with van der Waals surface area (Å²) in [5, 5.41) is 12.5. The molecule has 2 aromatic heterocycles. The number of anilines is 1. The number of nitrogens with one attached hydrogen (secondary N) is 1. The first kappa shape index (κ1) is 17.1. The second-order valence-corrected chi connectivity index (χ2v) is 7.53. The number of nitrogens with two attached hydrogens (primary N) is 1. The van der Waals surface area contributed by atoms with Crippen LogP contribution in [-0.4, -0.2) is 26.5 Å². The minimum Gasteiger partial charge on any atom is -0.508 e.